The molecule has 5 aromatic rings. The first-order valence-electron chi connectivity index (χ1n) is 15.1. The molecular formula is C39H35N3O4S. The molecular weight excluding hydrogens is 607 g/mol. The topological polar surface area (TPSA) is 96.5 Å². The number of rotatable bonds is 12. The molecule has 0 radical (unpaired) electrons. The third kappa shape index (κ3) is 9.94. The van der Waals surface area contributed by atoms with E-state index in [0.717, 1.165) is 27.3 Å². The SMILES string of the molecule is Cc1ccc(NC(=O)CSc2ccc(NC(=O)/C(=C/c3ccc(OCc4ccccc4)cc3)NC(=O)c3ccccc3)cc2)c(C)c1. The molecule has 0 heterocycles. The number of anilines is 2. The van der Waals surface area contributed by atoms with Crippen molar-refractivity contribution in [3.8, 4) is 5.75 Å². The molecule has 8 heteroatoms. The molecule has 0 atom stereocenters. The fourth-order valence-corrected chi connectivity index (χ4v) is 5.33. The van der Waals surface area contributed by atoms with Gasteiger partial charge in [-0.05, 0) is 91.2 Å². The summed E-state index contributed by atoms with van der Waals surface area (Å²) >= 11 is 1.40. The van der Waals surface area contributed by atoms with Gasteiger partial charge in [0.05, 0.1) is 5.75 Å². The maximum Gasteiger partial charge on any atom is 0.272 e. The Labute approximate surface area is 279 Å². The van der Waals surface area contributed by atoms with Crippen LogP contribution in [0, 0.1) is 13.8 Å². The van der Waals surface area contributed by atoms with Gasteiger partial charge in [-0.25, -0.2) is 0 Å². The molecule has 0 aliphatic rings. The summed E-state index contributed by atoms with van der Waals surface area (Å²) in [7, 11) is 0. The quantitative estimate of drug-likeness (QED) is 0.0947. The summed E-state index contributed by atoms with van der Waals surface area (Å²) in [5, 5.41) is 8.59. The molecule has 0 spiro atoms. The van der Waals surface area contributed by atoms with E-state index in [0.29, 0.717) is 29.2 Å². The largest absolute Gasteiger partial charge is 0.489 e. The van der Waals surface area contributed by atoms with E-state index in [1.165, 1.54) is 11.8 Å². The Morgan fingerprint density at radius 1 is 0.745 bits per heavy atom. The van der Waals surface area contributed by atoms with Gasteiger partial charge in [-0.3, -0.25) is 14.4 Å². The molecule has 3 N–H and O–H groups in total. The molecule has 5 rings (SSSR count). The lowest BCUT2D eigenvalue weighted by molar-refractivity contribution is -0.114. The minimum atomic E-state index is -0.480. The number of hydrogen-bond donors (Lipinski definition) is 3. The van der Waals surface area contributed by atoms with Gasteiger partial charge >= 0.3 is 0 Å². The van der Waals surface area contributed by atoms with Crippen LogP contribution in [-0.2, 0) is 16.2 Å². The zero-order valence-electron chi connectivity index (χ0n) is 26.2. The monoisotopic (exact) mass is 641 g/mol. The summed E-state index contributed by atoms with van der Waals surface area (Å²) in [4.78, 5) is 39.9. The van der Waals surface area contributed by atoms with Crippen LogP contribution in [0.1, 0.15) is 32.6 Å². The van der Waals surface area contributed by atoms with Crippen LogP contribution in [0.15, 0.2) is 138 Å². The van der Waals surface area contributed by atoms with E-state index in [9.17, 15) is 14.4 Å². The first-order chi connectivity index (χ1) is 22.8. The van der Waals surface area contributed by atoms with Crippen LogP contribution < -0.4 is 20.7 Å². The van der Waals surface area contributed by atoms with E-state index < -0.39 is 11.8 Å². The highest BCUT2D eigenvalue weighted by atomic mass is 32.2. The molecule has 0 bridgehead atoms. The van der Waals surface area contributed by atoms with Gasteiger partial charge in [0.1, 0.15) is 18.1 Å². The summed E-state index contributed by atoms with van der Waals surface area (Å²) in [6.45, 7) is 4.42. The van der Waals surface area contributed by atoms with Crippen molar-refractivity contribution in [1.82, 2.24) is 5.32 Å². The van der Waals surface area contributed by atoms with E-state index in [4.69, 9.17) is 4.74 Å². The maximum absolute atomic E-state index is 13.5. The average Bonchev–Trinajstić information content (AvgIpc) is 3.09. The predicted octanol–water partition coefficient (Wildman–Crippen LogP) is 8.02. The molecule has 47 heavy (non-hydrogen) atoms. The van der Waals surface area contributed by atoms with Crippen LogP contribution >= 0.6 is 11.8 Å². The van der Waals surface area contributed by atoms with Gasteiger partial charge in [0.15, 0.2) is 0 Å². The van der Waals surface area contributed by atoms with E-state index in [1.807, 2.05) is 105 Å². The number of amides is 3. The zero-order valence-corrected chi connectivity index (χ0v) is 27.0. The van der Waals surface area contributed by atoms with Gasteiger partial charge in [-0.1, -0.05) is 78.4 Å². The molecule has 5 aromatic carbocycles. The lowest BCUT2D eigenvalue weighted by Gasteiger charge is -2.12. The van der Waals surface area contributed by atoms with Gasteiger partial charge in [0.2, 0.25) is 5.91 Å². The zero-order chi connectivity index (χ0) is 33.0. The number of aryl methyl sites for hydroxylation is 2. The minimum Gasteiger partial charge on any atom is -0.489 e. The van der Waals surface area contributed by atoms with Crippen LogP contribution in [0.25, 0.3) is 6.08 Å². The smallest absolute Gasteiger partial charge is 0.272 e. The molecule has 0 aliphatic heterocycles. The Hall–Kier alpha value is -5.60. The van der Waals surface area contributed by atoms with Gasteiger partial charge < -0.3 is 20.7 Å². The number of ether oxygens (including phenoxy) is 1. The summed E-state index contributed by atoms with van der Waals surface area (Å²) < 4.78 is 5.88. The highest BCUT2D eigenvalue weighted by Gasteiger charge is 2.15. The average molecular weight is 642 g/mol. The fraction of sp³-hybridized carbons (Fsp3) is 0.103. The summed E-state index contributed by atoms with van der Waals surface area (Å²) in [6.07, 6.45) is 1.62. The Bertz CT molecular complexity index is 1860. The normalized spacial score (nSPS) is 11.0. The molecule has 236 valence electrons. The Balaban J connectivity index is 1.23. The number of carbonyl (C=O) groups is 3. The fourth-order valence-electron chi connectivity index (χ4n) is 4.63. The molecule has 0 aromatic heterocycles. The first-order valence-corrected chi connectivity index (χ1v) is 16.1. The van der Waals surface area contributed by atoms with Crippen molar-refractivity contribution in [2.24, 2.45) is 0 Å². The van der Waals surface area contributed by atoms with Crippen LogP contribution in [-0.4, -0.2) is 23.5 Å². The van der Waals surface area contributed by atoms with E-state index >= 15 is 0 Å². The van der Waals surface area contributed by atoms with Crippen molar-refractivity contribution >= 4 is 46.9 Å². The van der Waals surface area contributed by atoms with Crippen LogP contribution in [0.3, 0.4) is 0 Å². The van der Waals surface area contributed by atoms with Crippen molar-refractivity contribution in [3.63, 3.8) is 0 Å². The summed E-state index contributed by atoms with van der Waals surface area (Å²) in [5.41, 5.74) is 5.78. The number of thioether (sulfide) groups is 1. The standard InChI is InChI=1S/C39H35N3O4S/c1-27-13-22-35(28(2)23-27)41-37(43)26-47-34-20-16-32(17-21-34)40-39(45)36(42-38(44)31-11-7-4-8-12-31)24-29-14-18-33(19-15-29)46-25-30-9-5-3-6-10-30/h3-24H,25-26H2,1-2H3,(H,40,45)(H,41,43)(H,42,44)/b36-24-. The van der Waals surface area contributed by atoms with Crippen molar-refractivity contribution in [3.05, 3.63) is 161 Å². The molecule has 0 unspecified atom stereocenters. The van der Waals surface area contributed by atoms with Crippen molar-refractivity contribution in [2.75, 3.05) is 16.4 Å². The molecule has 0 saturated carbocycles. The molecule has 0 aliphatic carbocycles. The second-order valence-electron chi connectivity index (χ2n) is 10.9. The number of hydrogen-bond acceptors (Lipinski definition) is 5. The van der Waals surface area contributed by atoms with E-state index in [2.05, 4.69) is 16.0 Å². The van der Waals surface area contributed by atoms with Crippen molar-refractivity contribution in [1.29, 1.82) is 0 Å². The molecule has 0 fully saturated rings. The van der Waals surface area contributed by atoms with Gasteiger partial charge in [0.25, 0.3) is 11.8 Å². The maximum atomic E-state index is 13.5. The first kappa shape index (κ1) is 32.8. The van der Waals surface area contributed by atoms with Crippen LogP contribution in [0.2, 0.25) is 0 Å². The Morgan fingerprint density at radius 3 is 2.11 bits per heavy atom. The van der Waals surface area contributed by atoms with Crippen molar-refractivity contribution < 1.29 is 19.1 Å². The summed E-state index contributed by atoms with van der Waals surface area (Å²) in [6, 6.07) is 39.0. The lowest BCUT2D eigenvalue weighted by Crippen LogP contribution is -2.30. The van der Waals surface area contributed by atoms with Gasteiger partial charge in [-0.15, -0.1) is 11.8 Å². The van der Waals surface area contributed by atoms with E-state index in [1.54, 1.807) is 42.5 Å². The number of benzene rings is 5. The lowest BCUT2D eigenvalue weighted by atomic mass is 10.1. The van der Waals surface area contributed by atoms with Crippen molar-refractivity contribution in [2.45, 2.75) is 25.3 Å². The molecule has 7 nitrogen and oxygen atoms in total. The highest BCUT2D eigenvalue weighted by molar-refractivity contribution is 8.00. The predicted molar refractivity (Wildman–Crippen MR) is 189 cm³/mol. The van der Waals surface area contributed by atoms with E-state index in [-0.39, 0.29) is 17.4 Å². The third-order valence-electron chi connectivity index (χ3n) is 7.11. The Kier molecular flexibility index (Phi) is 11.2. The van der Waals surface area contributed by atoms with Crippen LogP contribution in [0.4, 0.5) is 11.4 Å². The van der Waals surface area contributed by atoms with Crippen LogP contribution in [0.5, 0.6) is 5.75 Å². The minimum absolute atomic E-state index is 0.0818. The Morgan fingerprint density at radius 2 is 1.43 bits per heavy atom. The van der Waals surface area contributed by atoms with Gasteiger partial charge in [-0.2, -0.15) is 0 Å². The van der Waals surface area contributed by atoms with Gasteiger partial charge in [0, 0.05) is 21.8 Å². The third-order valence-corrected chi connectivity index (χ3v) is 8.12. The second kappa shape index (κ2) is 16.1. The highest BCUT2D eigenvalue weighted by Crippen LogP contribution is 2.23. The second-order valence-corrected chi connectivity index (χ2v) is 11.9. The molecule has 0 saturated heterocycles. The number of carbonyl (C=O) groups excluding carboxylic acids is 3. The number of nitrogens with one attached hydrogen (secondary N) is 3. The molecule has 3 amide bonds. The summed E-state index contributed by atoms with van der Waals surface area (Å²) in [5.74, 6) is -0.0502.